The summed E-state index contributed by atoms with van der Waals surface area (Å²) in [6.45, 7) is 5.16. The number of aromatic nitrogens is 3. The van der Waals surface area contributed by atoms with Gasteiger partial charge in [0.2, 0.25) is 4.96 Å². The molecule has 2 amide bonds. The molecule has 0 radical (unpaired) electrons. The molecule has 1 N–H and O–H groups in total. The molecule has 0 spiro atoms. The molecule has 35 heavy (non-hydrogen) atoms. The fraction of sp³-hybridized carbons (Fsp3) is 0.280. The highest BCUT2D eigenvalue weighted by Crippen LogP contribution is 2.27. The molecule has 0 saturated carbocycles. The summed E-state index contributed by atoms with van der Waals surface area (Å²) in [5.41, 5.74) is 3.34. The molecule has 0 unspecified atom stereocenters. The number of methoxy groups -OCH3 is 1. The number of fused-ring (bicyclic) bond motifs is 1. The monoisotopic (exact) mass is 490 g/mol. The second kappa shape index (κ2) is 9.85. The van der Waals surface area contributed by atoms with Crippen molar-refractivity contribution in [2.75, 3.05) is 38.6 Å². The Morgan fingerprint density at radius 2 is 1.89 bits per heavy atom. The highest BCUT2D eigenvalue weighted by Gasteiger charge is 2.22. The van der Waals surface area contributed by atoms with Crippen molar-refractivity contribution in [1.82, 2.24) is 24.4 Å². The summed E-state index contributed by atoms with van der Waals surface area (Å²) in [5, 5.41) is 8.20. The Labute approximate surface area is 206 Å². The van der Waals surface area contributed by atoms with Gasteiger partial charge in [0.1, 0.15) is 10.8 Å². The number of piperazine rings is 1. The number of carbonyl (C=O) groups is 1. The van der Waals surface area contributed by atoms with Gasteiger partial charge in [-0.2, -0.15) is 9.61 Å². The van der Waals surface area contributed by atoms with E-state index in [2.05, 4.69) is 15.3 Å². The number of aryl methyl sites for hydroxylation is 1. The largest absolute Gasteiger partial charge is 0.497 e. The van der Waals surface area contributed by atoms with Crippen LogP contribution in [0.2, 0.25) is 0 Å². The van der Waals surface area contributed by atoms with Crippen molar-refractivity contribution < 1.29 is 9.53 Å². The molecule has 3 heterocycles. The van der Waals surface area contributed by atoms with Crippen LogP contribution in [-0.4, -0.2) is 63.7 Å². The van der Waals surface area contributed by atoms with Crippen molar-refractivity contribution >= 4 is 28.0 Å². The number of amides is 2. The van der Waals surface area contributed by atoms with Gasteiger partial charge < -0.3 is 15.0 Å². The van der Waals surface area contributed by atoms with E-state index < -0.39 is 0 Å². The lowest BCUT2D eigenvalue weighted by atomic mass is 10.1. The third kappa shape index (κ3) is 5.03. The van der Waals surface area contributed by atoms with E-state index in [1.807, 2.05) is 49.4 Å². The lowest BCUT2D eigenvalue weighted by Gasteiger charge is -2.34. The third-order valence-corrected chi connectivity index (χ3v) is 6.98. The molecular formula is C25H26N6O3S. The molecule has 4 aromatic rings. The predicted octanol–water partition coefficient (Wildman–Crippen LogP) is 3.48. The summed E-state index contributed by atoms with van der Waals surface area (Å²) in [6.07, 6.45) is 0. The molecule has 1 fully saturated rings. The Kier molecular flexibility index (Phi) is 6.47. The smallest absolute Gasteiger partial charge is 0.321 e. The fourth-order valence-corrected chi connectivity index (χ4v) is 5.12. The SMILES string of the molecule is COc1cccc(NC(=O)N2CCN(Cc3cc(=O)n4nc(-c5ccccc5C)sc4n3)CC2)c1. The van der Waals surface area contributed by atoms with Crippen LogP contribution in [0.4, 0.5) is 10.5 Å². The van der Waals surface area contributed by atoms with Crippen LogP contribution in [0.1, 0.15) is 11.3 Å². The quantitative estimate of drug-likeness (QED) is 0.461. The zero-order valence-corrected chi connectivity index (χ0v) is 20.4. The lowest BCUT2D eigenvalue weighted by Crippen LogP contribution is -2.49. The van der Waals surface area contributed by atoms with Crippen molar-refractivity contribution in [3.63, 3.8) is 0 Å². The van der Waals surface area contributed by atoms with E-state index >= 15 is 0 Å². The predicted molar refractivity (Wildman–Crippen MR) is 136 cm³/mol. The first-order valence-electron chi connectivity index (χ1n) is 11.4. The molecule has 180 valence electrons. The Morgan fingerprint density at radius 1 is 1.09 bits per heavy atom. The van der Waals surface area contributed by atoms with E-state index in [1.165, 1.54) is 15.9 Å². The number of rotatable bonds is 5. The summed E-state index contributed by atoms with van der Waals surface area (Å²) in [7, 11) is 1.60. The maximum Gasteiger partial charge on any atom is 0.321 e. The number of anilines is 1. The standard InChI is InChI=1S/C25H26N6O3S/c1-17-6-3-4-9-21(17)23-28-31-22(32)15-19(27-25(31)35-23)16-29-10-12-30(13-11-29)24(33)26-18-7-5-8-20(14-18)34-2/h3-9,14-15H,10-13,16H2,1-2H3,(H,26,33). The van der Waals surface area contributed by atoms with Gasteiger partial charge in [-0.3, -0.25) is 9.69 Å². The molecule has 9 nitrogen and oxygen atoms in total. The number of hydrogen-bond acceptors (Lipinski definition) is 7. The first-order valence-corrected chi connectivity index (χ1v) is 12.2. The molecular weight excluding hydrogens is 464 g/mol. The van der Waals surface area contributed by atoms with Crippen LogP contribution < -0.4 is 15.6 Å². The van der Waals surface area contributed by atoms with Gasteiger partial charge in [-0.15, -0.1) is 0 Å². The average Bonchev–Trinajstić information content (AvgIpc) is 3.29. The van der Waals surface area contributed by atoms with Crippen LogP contribution in [0.3, 0.4) is 0 Å². The summed E-state index contributed by atoms with van der Waals surface area (Å²) in [6, 6.07) is 16.7. The van der Waals surface area contributed by atoms with Crippen molar-refractivity contribution in [2.24, 2.45) is 0 Å². The molecule has 0 aliphatic carbocycles. The number of nitrogens with one attached hydrogen (secondary N) is 1. The van der Waals surface area contributed by atoms with Gasteiger partial charge in [-0.25, -0.2) is 9.78 Å². The van der Waals surface area contributed by atoms with Crippen LogP contribution in [0, 0.1) is 6.92 Å². The van der Waals surface area contributed by atoms with Gasteiger partial charge in [0, 0.05) is 56.1 Å². The van der Waals surface area contributed by atoms with Gasteiger partial charge in [-0.05, 0) is 24.6 Å². The maximum atomic E-state index is 12.7. The van der Waals surface area contributed by atoms with Crippen molar-refractivity contribution in [1.29, 1.82) is 0 Å². The molecule has 1 saturated heterocycles. The zero-order valence-electron chi connectivity index (χ0n) is 19.6. The highest BCUT2D eigenvalue weighted by atomic mass is 32.1. The Morgan fingerprint density at radius 3 is 2.66 bits per heavy atom. The lowest BCUT2D eigenvalue weighted by molar-refractivity contribution is 0.142. The van der Waals surface area contributed by atoms with Crippen molar-refractivity contribution in [3.8, 4) is 16.3 Å². The van der Waals surface area contributed by atoms with Gasteiger partial charge in [0.05, 0.1) is 12.8 Å². The molecule has 2 aromatic heterocycles. The minimum absolute atomic E-state index is 0.135. The van der Waals surface area contributed by atoms with E-state index in [1.54, 1.807) is 24.1 Å². The van der Waals surface area contributed by atoms with E-state index in [9.17, 15) is 9.59 Å². The molecule has 10 heteroatoms. The summed E-state index contributed by atoms with van der Waals surface area (Å²) >= 11 is 1.41. The number of ether oxygens (including phenoxy) is 1. The number of hydrogen-bond donors (Lipinski definition) is 1. The van der Waals surface area contributed by atoms with Crippen molar-refractivity contribution in [3.05, 3.63) is 76.2 Å². The van der Waals surface area contributed by atoms with Crippen molar-refractivity contribution in [2.45, 2.75) is 13.5 Å². The van der Waals surface area contributed by atoms with Gasteiger partial charge in [0.15, 0.2) is 0 Å². The fourth-order valence-electron chi connectivity index (χ4n) is 4.10. The summed E-state index contributed by atoms with van der Waals surface area (Å²) in [4.78, 5) is 34.7. The molecule has 5 rings (SSSR count). The van der Waals surface area contributed by atoms with E-state index in [-0.39, 0.29) is 11.6 Å². The Bertz CT molecular complexity index is 1420. The van der Waals surface area contributed by atoms with Crippen LogP contribution >= 0.6 is 11.3 Å². The number of urea groups is 1. The average molecular weight is 491 g/mol. The minimum atomic E-state index is -0.183. The molecule has 1 aliphatic rings. The summed E-state index contributed by atoms with van der Waals surface area (Å²) in [5.74, 6) is 0.694. The number of carbonyl (C=O) groups excluding carboxylic acids is 1. The summed E-state index contributed by atoms with van der Waals surface area (Å²) < 4.78 is 6.58. The molecule has 0 bridgehead atoms. The first kappa shape index (κ1) is 23.0. The van der Waals surface area contributed by atoms with Gasteiger partial charge in [-0.1, -0.05) is 41.7 Å². The van der Waals surface area contributed by atoms with Gasteiger partial charge in [0.25, 0.3) is 5.56 Å². The topological polar surface area (TPSA) is 92.1 Å². The van der Waals surface area contributed by atoms with Crippen LogP contribution in [0.5, 0.6) is 5.75 Å². The van der Waals surface area contributed by atoms with Crippen LogP contribution in [0.25, 0.3) is 15.5 Å². The zero-order chi connectivity index (χ0) is 24.4. The normalized spacial score (nSPS) is 14.3. The Balaban J connectivity index is 1.23. The second-order valence-electron chi connectivity index (χ2n) is 8.43. The number of nitrogens with zero attached hydrogens (tertiary/aromatic N) is 5. The van der Waals surface area contributed by atoms with E-state index in [0.717, 1.165) is 16.1 Å². The Hall–Kier alpha value is -3.76. The van der Waals surface area contributed by atoms with Crippen LogP contribution in [0.15, 0.2) is 59.4 Å². The highest BCUT2D eigenvalue weighted by molar-refractivity contribution is 7.19. The van der Waals surface area contributed by atoms with Crippen LogP contribution in [-0.2, 0) is 6.54 Å². The number of benzene rings is 2. The maximum absolute atomic E-state index is 12.7. The van der Waals surface area contributed by atoms with Gasteiger partial charge >= 0.3 is 6.03 Å². The first-order chi connectivity index (χ1) is 17.0. The van der Waals surface area contributed by atoms with E-state index in [0.29, 0.717) is 54.8 Å². The third-order valence-electron chi connectivity index (χ3n) is 6.04. The minimum Gasteiger partial charge on any atom is -0.497 e. The van der Waals surface area contributed by atoms with E-state index in [4.69, 9.17) is 9.72 Å². The molecule has 1 aliphatic heterocycles. The molecule has 2 aromatic carbocycles. The molecule has 0 atom stereocenters. The second-order valence-corrected chi connectivity index (χ2v) is 9.38.